The van der Waals surface area contributed by atoms with Crippen molar-refractivity contribution < 1.29 is 9.21 Å². The zero-order valence-corrected chi connectivity index (χ0v) is 12.6. The summed E-state index contributed by atoms with van der Waals surface area (Å²) in [6.07, 6.45) is 0.0874. The van der Waals surface area contributed by atoms with Crippen molar-refractivity contribution >= 4 is 11.9 Å². The molecule has 116 valence electrons. The maximum Gasteiger partial charge on any atom is 0.247 e. The van der Waals surface area contributed by atoms with E-state index in [2.05, 4.69) is 21.3 Å². The van der Waals surface area contributed by atoms with Crippen molar-refractivity contribution in [1.29, 1.82) is 5.26 Å². The van der Waals surface area contributed by atoms with Crippen LogP contribution in [0.4, 0.5) is 0 Å². The number of benzene rings is 1. The van der Waals surface area contributed by atoms with Gasteiger partial charge in [0.1, 0.15) is 5.54 Å². The quantitative estimate of drug-likeness (QED) is 0.883. The summed E-state index contributed by atoms with van der Waals surface area (Å²) in [7, 11) is 1.56. The van der Waals surface area contributed by atoms with Crippen molar-refractivity contribution in [1.82, 2.24) is 15.1 Å². The van der Waals surface area contributed by atoms with Gasteiger partial charge in [-0.3, -0.25) is 9.69 Å². The van der Waals surface area contributed by atoms with Crippen LogP contribution in [0.1, 0.15) is 24.8 Å². The molecule has 1 aromatic carbocycles. The van der Waals surface area contributed by atoms with Gasteiger partial charge in [-0.25, -0.2) is 4.99 Å². The maximum absolute atomic E-state index is 12.0. The van der Waals surface area contributed by atoms with Crippen LogP contribution in [0.15, 0.2) is 33.7 Å². The van der Waals surface area contributed by atoms with Crippen LogP contribution >= 0.6 is 0 Å². The highest BCUT2D eigenvalue weighted by atomic mass is 16.4. The molecule has 0 saturated carbocycles. The first-order valence-corrected chi connectivity index (χ1v) is 6.89. The minimum atomic E-state index is -0.994. The second kappa shape index (κ2) is 5.21. The van der Waals surface area contributed by atoms with Gasteiger partial charge in [0, 0.05) is 12.6 Å². The maximum atomic E-state index is 12.0. The molecule has 8 nitrogen and oxygen atoms in total. The fraction of sp³-hybridized carbons (Fsp3) is 0.267. The van der Waals surface area contributed by atoms with Crippen LogP contribution in [0, 0.1) is 11.3 Å². The molecular weight excluding hydrogens is 296 g/mol. The molecule has 1 aliphatic heterocycles. The van der Waals surface area contributed by atoms with E-state index in [-0.39, 0.29) is 30.1 Å². The molecule has 1 unspecified atom stereocenters. The van der Waals surface area contributed by atoms with E-state index in [1.54, 1.807) is 38.2 Å². The van der Waals surface area contributed by atoms with Crippen molar-refractivity contribution in [2.45, 2.75) is 18.9 Å². The Balaban J connectivity index is 1.99. The number of aromatic nitrogens is 2. The number of aliphatic imine (C=N–C) groups is 1. The topological polar surface area (TPSA) is 121 Å². The molecule has 0 spiro atoms. The molecule has 2 aromatic rings. The molecule has 2 heterocycles. The lowest BCUT2D eigenvalue weighted by Gasteiger charge is -2.30. The lowest BCUT2D eigenvalue weighted by molar-refractivity contribution is -0.128. The molecule has 23 heavy (non-hydrogen) atoms. The van der Waals surface area contributed by atoms with Gasteiger partial charge in [0.15, 0.2) is 5.96 Å². The van der Waals surface area contributed by atoms with Crippen LogP contribution in [-0.2, 0) is 10.3 Å². The number of guanidine groups is 1. The zero-order valence-electron chi connectivity index (χ0n) is 12.6. The monoisotopic (exact) mass is 310 g/mol. The van der Waals surface area contributed by atoms with Gasteiger partial charge >= 0.3 is 0 Å². The van der Waals surface area contributed by atoms with Gasteiger partial charge in [0.25, 0.3) is 0 Å². The Hall–Kier alpha value is -3.21. The first kappa shape index (κ1) is 14.7. The van der Waals surface area contributed by atoms with E-state index in [1.807, 2.05) is 0 Å². The second-order valence-electron chi connectivity index (χ2n) is 5.48. The smallest absolute Gasteiger partial charge is 0.247 e. The van der Waals surface area contributed by atoms with Crippen molar-refractivity contribution in [3.8, 4) is 17.5 Å². The standard InChI is InChI=1S/C15H14N6O2/c1-15(7-11(22)21(2)14(17)18-15)13-20-19-12(23-13)10-5-3-4-9(6-10)8-16/h3-6H,7H2,1-2H3,(H2,17,18). The number of carbonyl (C=O) groups is 1. The van der Waals surface area contributed by atoms with Crippen molar-refractivity contribution in [3.05, 3.63) is 35.7 Å². The molecular formula is C15H14N6O2. The summed E-state index contributed by atoms with van der Waals surface area (Å²) in [5, 5.41) is 16.9. The fourth-order valence-corrected chi connectivity index (χ4v) is 2.31. The molecule has 1 atom stereocenters. The SMILES string of the molecule is CN1C(=O)CC(C)(c2nnc(-c3cccc(C#N)c3)o2)N=C1N. The molecule has 2 N–H and O–H groups in total. The van der Waals surface area contributed by atoms with Crippen LogP contribution in [0.3, 0.4) is 0 Å². The van der Waals surface area contributed by atoms with E-state index >= 15 is 0 Å². The van der Waals surface area contributed by atoms with E-state index < -0.39 is 5.54 Å². The molecule has 0 saturated heterocycles. The Morgan fingerprint density at radius 2 is 2.22 bits per heavy atom. The summed E-state index contributed by atoms with van der Waals surface area (Å²) in [6, 6.07) is 8.88. The number of rotatable bonds is 2. The number of hydrogen-bond acceptors (Lipinski definition) is 7. The van der Waals surface area contributed by atoms with Gasteiger partial charge in [0.2, 0.25) is 17.7 Å². The van der Waals surface area contributed by atoms with Crippen molar-refractivity contribution in [2.24, 2.45) is 10.7 Å². The van der Waals surface area contributed by atoms with E-state index in [1.165, 1.54) is 4.90 Å². The molecule has 1 amide bonds. The summed E-state index contributed by atoms with van der Waals surface area (Å²) in [6.45, 7) is 1.72. The Bertz CT molecular complexity index is 850. The highest BCUT2D eigenvalue weighted by Gasteiger charge is 2.40. The lowest BCUT2D eigenvalue weighted by Crippen LogP contribution is -2.47. The molecule has 8 heteroatoms. The Kier molecular flexibility index (Phi) is 3.33. The summed E-state index contributed by atoms with van der Waals surface area (Å²) in [5.74, 6) is 0.402. The van der Waals surface area contributed by atoms with Gasteiger partial charge < -0.3 is 10.2 Å². The predicted octanol–water partition coefficient (Wildman–Crippen LogP) is 1.00. The third kappa shape index (κ3) is 2.53. The summed E-state index contributed by atoms with van der Waals surface area (Å²) in [5.41, 5.74) is 5.89. The number of nitrogens with zero attached hydrogens (tertiary/aromatic N) is 5. The second-order valence-corrected chi connectivity index (χ2v) is 5.48. The summed E-state index contributed by atoms with van der Waals surface area (Å²) in [4.78, 5) is 17.6. The Morgan fingerprint density at radius 1 is 1.43 bits per heavy atom. The van der Waals surface area contributed by atoms with E-state index in [0.29, 0.717) is 11.1 Å². The number of carbonyl (C=O) groups excluding carboxylic acids is 1. The number of hydrogen-bond donors (Lipinski definition) is 1. The molecule has 0 aliphatic carbocycles. The Morgan fingerprint density at radius 3 is 2.91 bits per heavy atom. The van der Waals surface area contributed by atoms with E-state index in [4.69, 9.17) is 15.4 Å². The van der Waals surface area contributed by atoms with Gasteiger partial charge in [-0.1, -0.05) is 6.07 Å². The highest BCUT2D eigenvalue weighted by molar-refractivity contribution is 5.98. The van der Waals surface area contributed by atoms with Gasteiger partial charge in [0.05, 0.1) is 18.1 Å². The van der Waals surface area contributed by atoms with Crippen LogP contribution in [0.5, 0.6) is 0 Å². The number of amides is 1. The minimum Gasteiger partial charge on any atom is -0.418 e. The van der Waals surface area contributed by atoms with Gasteiger partial charge in [-0.05, 0) is 25.1 Å². The largest absolute Gasteiger partial charge is 0.418 e. The predicted molar refractivity (Wildman–Crippen MR) is 80.8 cm³/mol. The van der Waals surface area contributed by atoms with Gasteiger partial charge in [-0.15, -0.1) is 10.2 Å². The van der Waals surface area contributed by atoms with Crippen molar-refractivity contribution in [2.75, 3.05) is 7.05 Å². The number of nitriles is 1. The summed E-state index contributed by atoms with van der Waals surface area (Å²) < 4.78 is 5.68. The molecule has 1 aliphatic rings. The lowest BCUT2D eigenvalue weighted by atomic mass is 9.96. The Labute approximate surface area is 132 Å². The van der Waals surface area contributed by atoms with Crippen LogP contribution in [0.25, 0.3) is 11.5 Å². The average molecular weight is 310 g/mol. The molecule has 0 bridgehead atoms. The fourth-order valence-electron chi connectivity index (χ4n) is 2.31. The third-order valence-electron chi connectivity index (χ3n) is 3.70. The normalized spacial score (nSPS) is 21.0. The zero-order chi connectivity index (χ0) is 16.6. The van der Waals surface area contributed by atoms with E-state index in [0.717, 1.165) is 0 Å². The first-order chi connectivity index (χ1) is 10.9. The van der Waals surface area contributed by atoms with Crippen molar-refractivity contribution in [3.63, 3.8) is 0 Å². The average Bonchev–Trinajstić information content (AvgIpc) is 3.03. The van der Waals surface area contributed by atoms with Crippen LogP contribution in [0.2, 0.25) is 0 Å². The van der Waals surface area contributed by atoms with Crippen LogP contribution < -0.4 is 5.73 Å². The molecule has 0 fully saturated rings. The van der Waals surface area contributed by atoms with E-state index in [9.17, 15) is 4.79 Å². The number of nitrogens with two attached hydrogens (primary N) is 1. The molecule has 3 rings (SSSR count). The summed E-state index contributed by atoms with van der Waals surface area (Å²) >= 11 is 0. The molecule has 0 radical (unpaired) electrons. The van der Waals surface area contributed by atoms with Gasteiger partial charge in [-0.2, -0.15) is 5.26 Å². The first-order valence-electron chi connectivity index (χ1n) is 6.89. The van der Waals surface area contributed by atoms with Crippen LogP contribution in [-0.4, -0.2) is 34.0 Å². The highest BCUT2D eigenvalue weighted by Crippen LogP contribution is 2.33. The minimum absolute atomic E-state index is 0.0874. The third-order valence-corrected chi connectivity index (χ3v) is 3.70. The molecule has 1 aromatic heterocycles.